The molecule has 0 fully saturated rings. The molecule has 0 aliphatic rings. The zero-order valence-electron chi connectivity index (χ0n) is 20.6. The normalized spacial score (nSPS) is 11.7. The van der Waals surface area contributed by atoms with Crippen molar-refractivity contribution in [3.63, 3.8) is 0 Å². The van der Waals surface area contributed by atoms with Gasteiger partial charge in [-0.3, -0.25) is 9.78 Å². The van der Waals surface area contributed by atoms with Gasteiger partial charge in [0.15, 0.2) is 0 Å². The minimum Gasteiger partial charge on any atom is -0.290 e. The van der Waals surface area contributed by atoms with Crippen LogP contribution >= 0.6 is 0 Å². The summed E-state index contributed by atoms with van der Waals surface area (Å²) in [6, 6.07) is 14.4. The standard InChI is InChI=1S/C26H34O6Si2/c1-8-11-24(29-31-25(27)20-12-16-22(17-13-20)33(4,5)9-2)30-32-26(28)21-14-18-23(19-15-21)34(6,7)10-3/h9-10,12-19,24H,2-3,8,11H2,1,4-7H3. The van der Waals surface area contributed by atoms with E-state index in [4.69, 9.17) is 19.6 Å². The minimum absolute atomic E-state index is 0.343. The monoisotopic (exact) mass is 498 g/mol. The third-order valence-corrected chi connectivity index (χ3v) is 11.4. The van der Waals surface area contributed by atoms with Crippen LogP contribution in [0.3, 0.4) is 0 Å². The van der Waals surface area contributed by atoms with Gasteiger partial charge in [-0.15, -0.1) is 22.9 Å². The van der Waals surface area contributed by atoms with Crippen LogP contribution in [-0.2, 0) is 19.6 Å². The molecule has 0 atom stereocenters. The highest BCUT2D eigenvalue weighted by molar-refractivity contribution is 6.94. The first-order valence-corrected chi connectivity index (χ1v) is 17.4. The van der Waals surface area contributed by atoms with Gasteiger partial charge in [-0.05, 0) is 24.3 Å². The van der Waals surface area contributed by atoms with Gasteiger partial charge in [-0.25, -0.2) is 9.59 Å². The molecule has 0 aromatic heterocycles. The first-order chi connectivity index (χ1) is 16.0. The Bertz CT molecular complexity index is 917. The second-order valence-electron chi connectivity index (χ2n) is 9.16. The topological polar surface area (TPSA) is 71.1 Å². The van der Waals surface area contributed by atoms with Crippen molar-refractivity contribution >= 4 is 38.5 Å². The third-order valence-electron chi connectivity index (χ3n) is 5.74. The Morgan fingerprint density at radius 2 is 1.12 bits per heavy atom. The van der Waals surface area contributed by atoms with Gasteiger partial charge in [-0.2, -0.15) is 0 Å². The van der Waals surface area contributed by atoms with E-state index in [0.717, 1.165) is 10.4 Å². The molecule has 34 heavy (non-hydrogen) atoms. The second kappa shape index (κ2) is 12.1. The van der Waals surface area contributed by atoms with Crippen molar-refractivity contribution in [2.45, 2.75) is 52.2 Å². The van der Waals surface area contributed by atoms with Crippen molar-refractivity contribution in [2.24, 2.45) is 0 Å². The smallest absolute Gasteiger partial charge is 0.290 e. The molecule has 0 unspecified atom stereocenters. The summed E-state index contributed by atoms with van der Waals surface area (Å²) in [6.45, 7) is 18.4. The molecule has 0 N–H and O–H groups in total. The highest BCUT2D eigenvalue weighted by Crippen LogP contribution is 2.12. The molecule has 0 aliphatic carbocycles. The van der Waals surface area contributed by atoms with E-state index < -0.39 is 34.4 Å². The maximum Gasteiger partial charge on any atom is 0.373 e. The van der Waals surface area contributed by atoms with E-state index in [1.54, 1.807) is 24.3 Å². The molecule has 8 heteroatoms. The van der Waals surface area contributed by atoms with Gasteiger partial charge < -0.3 is 0 Å². The summed E-state index contributed by atoms with van der Waals surface area (Å²) >= 11 is 0. The molecular formula is C26H34O6Si2. The molecule has 2 aromatic carbocycles. The van der Waals surface area contributed by atoms with Crippen molar-refractivity contribution < 1.29 is 29.1 Å². The van der Waals surface area contributed by atoms with Crippen molar-refractivity contribution in [2.75, 3.05) is 0 Å². The highest BCUT2D eigenvalue weighted by atomic mass is 28.3. The summed E-state index contributed by atoms with van der Waals surface area (Å²) in [5.74, 6) is -1.32. The molecule has 2 aromatic rings. The van der Waals surface area contributed by atoms with Gasteiger partial charge in [0.2, 0.25) is 6.29 Å². The molecule has 2 rings (SSSR count). The Labute approximate surface area is 204 Å². The lowest BCUT2D eigenvalue weighted by molar-refractivity contribution is -0.421. The summed E-state index contributed by atoms with van der Waals surface area (Å²) in [7, 11) is -3.43. The summed E-state index contributed by atoms with van der Waals surface area (Å²) in [6.07, 6.45) is -0.0294. The van der Waals surface area contributed by atoms with Crippen LogP contribution in [0, 0.1) is 0 Å². The van der Waals surface area contributed by atoms with Gasteiger partial charge in [0.05, 0.1) is 11.1 Å². The molecule has 0 bridgehead atoms. The molecule has 0 saturated heterocycles. The molecule has 0 radical (unpaired) electrons. The Kier molecular flexibility index (Phi) is 9.75. The fraction of sp³-hybridized carbons (Fsp3) is 0.308. The van der Waals surface area contributed by atoms with E-state index in [-0.39, 0.29) is 0 Å². The average molecular weight is 499 g/mol. The van der Waals surface area contributed by atoms with Crippen LogP contribution in [0.5, 0.6) is 0 Å². The quantitative estimate of drug-likeness (QED) is 0.178. The van der Waals surface area contributed by atoms with Gasteiger partial charge in [-0.1, -0.05) is 85.6 Å². The zero-order chi connectivity index (χ0) is 25.4. The van der Waals surface area contributed by atoms with Crippen molar-refractivity contribution in [1.29, 1.82) is 0 Å². The summed E-state index contributed by atoms with van der Waals surface area (Å²) in [5.41, 5.74) is 4.65. The molecule has 6 nitrogen and oxygen atoms in total. The van der Waals surface area contributed by atoms with E-state index >= 15 is 0 Å². The fourth-order valence-corrected chi connectivity index (χ4v) is 5.47. The number of hydrogen-bond acceptors (Lipinski definition) is 6. The van der Waals surface area contributed by atoms with Gasteiger partial charge in [0.25, 0.3) is 0 Å². The molecule has 0 heterocycles. The largest absolute Gasteiger partial charge is 0.373 e. The van der Waals surface area contributed by atoms with Crippen LogP contribution < -0.4 is 10.4 Å². The van der Waals surface area contributed by atoms with Crippen LogP contribution in [0.4, 0.5) is 0 Å². The van der Waals surface area contributed by atoms with E-state index in [1.807, 2.05) is 42.6 Å². The molecular weight excluding hydrogens is 464 g/mol. The lowest BCUT2D eigenvalue weighted by atomic mass is 10.2. The first kappa shape index (κ1) is 27.5. The summed E-state index contributed by atoms with van der Waals surface area (Å²) < 4.78 is 0. The number of rotatable bonds is 12. The van der Waals surface area contributed by atoms with Gasteiger partial charge in [0.1, 0.15) is 16.1 Å². The number of carbonyl (C=O) groups excluding carboxylic acids is 2. The lowest BCUT2D eigenvalue weighted by Gasteiger charge is -2.18. The summed E-state index contributed by atoms with van der Waals surface area (Å²) in [4.78, 5) is 44.8. The van der Waals surface area contributed by atoms with Crippen LogP contribution in [0.25, 0.3) is 0 Å². The van der Waals surface area contributed by atoms with E-state index in [1.165, 1.54) is 0 Å². The lowest BCUT2D eigenvalue weighted by Crippen LogP contribution is -2.39. The predicted molar refractivity (Wildman–Crippen MR) is 139 cm³/mol. The average Bonchev–Trinajstić information content (AvgIpc) is 2.85. The summed E-state index contributed by atoms with van der Waals surface area (Å²) in [5, 5.41) is 2.31. The maximum absolute atomic E-state index is 12.4. The van der Waals surface area contributed by atoms with Crippen LogP contribution in [-0.4, -0.2) is 34.4 Å². The second-order valence-corrected chi connectivity index (χ2v) is 18.0. The van der Waals surface area contributed by atoms with Crippen LogP contribution in [0.15, 0.2) is 73.1 Å². The SMILES string of the molecule is C=C[Si](C)(C)c1ccc(C(=O)OOC(CCC)OOC(=O)c2ccc([Si](C)(C)C=C)cc2)cc1. The molecule has 0 aliphatic heterocycles. The first-order valence-electron chi connectivity index (χ1n) is 11.3. The van der Waals surface area contributed by atoms with Gasteiger partial charge in [0, 0.05) is 6.42 Å². The fourth-order valence-electron chi connectivity index (χ4n) is 2.95. The van der Waals surface area contributed by atoms with E-state index in [9.17, 15) is 9.59 Å². The number of hydrogen-bond donors (Lipinski definition) is 0. The van der Waals surface area contributed by atoms with Crippen LogP contribution in [0.2, 0.25) is 26.2 Å². The number of carbonyl (C=O) groups is 2. The van der Waals surface area contributed by atoms with Gasteiger partial charge >= 0.3 is 11.9 Å². The van der Waals surface area contributed by atoms with E-state index in [0.29, 0.717) is 24.0 Å². The molecule has 0 spiro atoms. The van der Waals surface area contributed by atoms with Crippen molar-refractivity contribution in [3.05, 3.63) is 84.2 Å². The van der Waals surface area contributed by atoms with Crippen molar-refractivity contribution in [1.82, 2.24) is 0 Å². The Morgan fingerprint density at radius 3 is 1.41 bits per heavy atom. The van der Waals surface area contributed by atoms with Crippen LogP contribution in [0.1, 0.15) is 40.5 Å². The predicted octanol–water partition coefficient (Wildman–Crippen LogP) is 4.97. The third kappa shape index (κ3) is 7.36. The maximum atomic E-state index is 12.4. The van der Waals surface area contributed by atoms with Crippen molar-refractivity contribution in [3.8, 4) is 0 Å². The Hall–Kier alpha value is -2.79. The number of benzene rings is 2. The molecule has 182 valence electrons. The highest BCUT2D eigenvalue weighted by Gasteiger charge is 2.22. The molecule has 0 saturated carbocycles. The minimum atomic E-state index is -1.71. The Morgan fingerprint density at radius 1 is 0.765 bits per heavy atom. The Balaban J connectivity index is 1.93. The van der Waals surface area contributed by atoms with E-state index in [2.05, 4.69) is 39.3 Å². The molecule has 0 amide bonds. The zero-order valence-corrected chi connectivity index (χ0v) is 22.6.